The zero-order chi connectivity index (χ0) is 13.2. The van der Waals surface area contributed by atoms with Crippen LogP contribution in [0.5, 0.6) is 0 Å². The summed E-state index contributed by atoms with van der Waals surface area (Å²) in [6.07, 6.45) is 7.16. The highest BCUT2D eigenvalue weighted by atomic mass is 16.2. The van der Waals surface area contributed by atoms with Gasteiger partial charge in [0.1, 0.15) is 0 Å². The van der Waals surface area contributed by atoms with Gasteiger partial charge in [0.15, 0.2) is 0 Å². The number of anilines is 1. The number of nitrogens with one attached hydrogen (secondary N) is 2. The minimum atomic E-state index is -0.0997. The number of fused-ring (bicyclic) bond motifs is 2. The van der Waals surface area contributed by atoms with Crippen molar-refractivity contribution < 1.29 is 4.79 Å². The summed E-state index contributed by atoms with van der Waals surface area (Å²) in [4.78, 5) is 11.8. The van der Waals surface area contributed by atoms with E-state index in [1.807, 2.05) is 31.2 Å². The van der Waals surface area contributed by atoms with Gasteiger partial charge in [-0.2, -0.15) is 0 Å². The van der Waals surface area contributed by atoms with Crippen LogP contribution in [0.25, 0.3) is 0 Å². The van der Waals surface area contributed by atoms with Crippen molar-refractivity contribution in [2.75, 3.05) is 11.9 Å². The van der Waals surface area contributed by atoms with E-state index in [1.54, 1.807) is 0 Å². The van der Waals surface area contributed by atoms with E-state index in [-0.39, 0.29) is 6.03 Å². The Labute approximate surface area is 114 Å². The predicted octanol–water partition coefficient (Wildman–Crippen LogP) is 3.33. The van der Waals surface area contributed by atoms with Crippen LogP contribution in [0.15, 0.2) is 36.4 Å². The van der Waals surface area contributed by atoms with Gasteiger partial charge in [-0.3, -0.25) is 0 Å². The Hall–Kier alpha value is -1.77. The van der Waals surface area contributed by atoms with E-state index < -0.39 is 0 Å². The van der Waals surface area contributed by atoms with Gasteiger partial charge in [-0.25, -0.2) is 4.79 Å². The van der Waals surface area contributed by atoms with E-state index in [0.29, 0.717) is 11.8 Å². The summed E-state index contributed by atoms with van der Waals surface area (Å²) < 4.78 is 0. The zero-order valence-electron chi connectivity index (χ0n) is 11.2. The number of rotatable bonds is 3. The first-order valence-corrected chi connectivity index (χ1v) is 7.00. The number of hydrogen-bond acceptors (Lipinski definition) is 1. The Morgan fingerprint density at radius 3 is 2.89 bits per heavy atom. The van der Waals surface area contributed by atoms with Crippen molar-refractivity contribution in [1.82, 2.24) is 5.32 Å². The molecule has 0 aliphatic heterocycles. The molecule has 100 valence electrons. The lowest BCUT2D eigenvalue weighted by Gasteiger charge is -2.18. The van der Waals surface area contributed by atoms with Gasteiger partial charge in [-0.1, -0.05) is 24.3 Å². The van der Waals surface area contributed by atoms with Crippen LogP contribution in [0.2, 0.25) is 0 Å². The molecule has 19 heavy (non-hydrogen) atoms. The summed E-state index contributed by atoms with van der Waals surface area (Å²) in [7, 11) is 0. The number of aryl methyl sites for hydroxylation is 1. The van der Waals surface area contributed by atoms with Crippen LogP contribution in [0.4, 0.5) is 10.5 Å². The lowest BCUT2D eigenvalue weighted by Crippen LogP contribution is -2.34. The lowest BCUT2D eigenvalue weighted by atomic mass is 9.94. The van der Waals surface area contributed by atoms with Gasteiger partial charge in [0, 0.05) is 12.2 Å². The normalized spacial score (nSPS) is 27.5. The van der Waals surface area contributed by atoms with Crippen LogP contribution in [-0.2, 0) is 0 Å². The van der Waals surface area contributed by atoms with Crippen molar-refractivity contribution in [2.45, 2.75) is 19.8 Å². The molecular formula is C16H20N2O. The van der Waals surface area contributed by atoms with Gasteiger partial charge < -0.3 is 10.6 Å². The Morgan fingerprint density at radius 2 is 2.21 bits per heavy atom. The third-order valence-corrected chi connectivity index (χ3v) is 4.22. The second kappa shape index (κ2) is 5.08. The Morgan fingerprint density at radius 1 is 1.32 bits per heavy atom. The molecule has 0 radical (unpaired) electrons. The molecule has 1 aromatic rings. The van der Waals surface area contributed by atoms with Crippen LogP contribution < -0.4 is 10.6 Å². The highest BCUT2D eigenvalue weighted by Gasteiger charge is 2.35. The van der Waals surface area contributed by atoms with Crippen molar-refractivity contribution in [1.29, 1.82) is 0 Å². The summed E-state index contributed by atoms with van der Waals surface area (Å²) in [5, 5.41) is 5.88. The fourth-order valence-electron chi connectivity index (χ4n) is 3.25. The number of hydrogen-bond donors (Lipinski definition) is 2. The predicted molar refractivity (Wildman–Crippen MR) is 77.0 cm³/mol. The summed E-state index contributed by atoms with van der Waals surface area (Å²) in [6.45, 7) is 2.80. The summed E-state index contributed by atoms with van der Waals surface area (Å²) in [6, 6.07) is 7.75. The number of carbonyl (C=O) groups excluding carboxylic acids is 1. The van der Waals surface area contributed by atoms with Gasteiger partial charge >= 0.3 is 6.03 Å². The molecule has 2 bridgehead atoms. The van der Waals surface area contributed by atoms with Gasteiger partial charge in [0.05, 0.1) is 0 Å². The molecule has 2 N–H and O–H groups in total. The summed E-state index contributed by atoms with van der Waals surface area (Å²) >= 11 is 0. The molecule has 2 aliphatic rings. The van der Waals surface area contributed by atoms with Crippen molar-refractivity contribution in [3.05, 3.63) is 42.0 Å². The molecule has 2 aliphatic carbocycles. The molecule has 0 unspecified atom stereocenters. The fraction of sp³-hybridized carbons (Fsp3) is 0.438. The summed E-state index contributed by atoms with van der Waals surface area (Å²) in [5.41, 5.74) is 2.00. The van der Waals surface area contributed by atoms with E-state index >= 15 is 0 Å². The van der Waals surface area contributed by atoms with E-state index in [0.717, 1.165) is 23.7 Å². The largest absolute Gasteiger partial charge is 0.338 e. The first-order chi connectivity index (χ1) is 9.20. The molecule has 0 heterocycles. The number of benzene rings is 1. The highest BCUT2D eigenvalue weighted by Crippen LogP contribution is 2.42. The molecule has 0 spiro atoms. The first kappa shape index (κ1) is 12.3. The number of urea groups is 1. The molecule has 0 saturated heterocycles. The molecule has 3 nitrogen and oxygen atoms in total. The average molecular weight is 256 g/mol. The van der Waals surface area contributed by atoms with E-state index in [9.17, 15) is 4.79 Å². The molecule has 0 aromatic heterocycles. The smallest absolute Gasteiger partial charge is 0.319 e. The maximum Gasteiger partial charge on any atom is 0.319 e. The van der Waals surface area contributed by atoms with Gasteiger partial charge in [0.25, 0.3) is 0 Å². The van der Waals surface area contributed by atoms with Crippen molar-refractivity contribution in [3.63, 3.8) is 0 Å². The van der Waals surface area contributed by atoms with Crippen molar-refractivity contribution >= 4 is 11.7 Å². The van der Waals surface area contributed by atoms with E-state index in [2.05, 4.69) is 22.8 Å². The van der Waals surface area contributed by atoms with Crippen LogP contribution in [0, 0.1) is 24.7 Å². The lowest BCUT2D eigenvalue weighted by molar-refractivity contribution is 0.249. The standard InChI is InChI=1S/C16H20N2O/c1-11-3-2-4-15(7-11)18-16(19)17-10-14-9-12-5-6-13(14)8-12/h2-7,12-14H,8-10H2,1H3,(H2,17,18,19)/t12-,13-,14+/m0/s1. The molecule has 1 saturated carbocycles. The molecule has 3 atom stereocenters. The number of amides is 2. The molecule has 1 fully saturated rings. The van der Waals surface area contributed by atoms with E-state index in [1.165, 1.54) is 12.8 Å². The second-order valence-electron chi connectivity index (χ2n) is 5.74. The minimum absolute atomic E-state index is 0.0997. The van der Waals surface area contributed by atoms with Crippen LogP contribution >= 0.6 is 0 Å². The maximum absolute atomic E-state index is 11.8. The van der Waals surface area contributed by atoms with Crippen LogP contribution in [0.1, 0.15) is 18.4 Å². The van der Waals surface area contributed by atoms with Crippen molar-refractivity contribution in [3.8, 4) is 0 Å². The molecule has 1 aromatic carbocycles. The third kappa shape index (κ3) is 2.80. The summed E-state index contributed by atoms with van der Waals surface area (Å²) in [5.74, 6) is 2.07. The topological polar surface area (TPSA) is 41.1 Å². The molecule has 3 rings (SSSR count). The highest BCUT2D eigenvalue weighted by molar-refractivity contribution is 5.89. The van der Waals surface area contributed by atoms with Gasteiger partial charge in [-0.05, 0) is 55.2 Å². The molecular weight excluding hydrogens is 236 g/mol. The second-order valence-corrected chi connectivity index (χ2v) is 5.74. The Balaban J connectivity index is 1.48. The van der Waals surface area contributed by atoms with E-state index in [4.69, 9.17) is 0 Å². The third-order valence-electron chi connectivity index (χ3n) is 4.22. The average Bonchev–Trinajstić information content (AvgIpc) is 2.98. The minimum Gasteiger partial charge on any atom is -0.338 e. The fourth-order valence-corrected chi connectivity index (χ4v) is 3.25. The van der Waals surface area contributed by atoms with Crippen LogP contribution in [0.3, 0.4) is 0 Å². The van der Waals surface area contributed by atoms with Gasteiger partial charge in [0.2, 0.25) is 0 Å². The zero-order valence-corrected chi connectivity index (χ0v) is 11.2. The number of allylic oxidation sites excluding steroid dienone is 2. The first-order valence-electron chi connectivity index (χ1n) is 7.00. The SMILES string of the molecule is Cc1cccc(NC(=O)NC[C@H]2C[C@H]3C=C[C@H]2C3)c1. The van der Waals surface area contributed by atoms with Crippen molar-refractivity contribution in [2.24, 2.45) is 17.8 Å². The van der Waals surface area contributed by atoms with Crippen LogP contribution in [-0.4, -0.2) is 12.6 Å². The monoisotopic (exact) mass is 256 g/mol. The molecule has 2 amide bonds. The van der Waals surface area contributed by atoms with Gasteiger partial charge in [-0.15, -0.1) is 0 Å². The number of carbonyl (C=O) groups is 1. The Bertz CT molecular complexity index is 509. The molecule has 3 heteroatoms. The maximum atomic E-state index is 11.8. The Kier molecular flexibility index (Phi) is 3.28. The quantitative estimate of drug-likeness (QED) is 0.800.